The summed E-state index contributed by atoms with van der Waals surface area (Å²) in [5.74, 6) is 2.51. The van der Waals surface area contributed by atoms with Crippen LogP contribution in [0.5, 0.6) is 0 Å². The zero-order valence-electron chi connectivity index (χ0n) is 11.6. The fourth-order valence-electron chi connectivity index (χ4n) is 1.51. The molecule has 0 aliphatic carbocycles. The van der Waals surface area contributed by atoms with Crippen LogP contribution in [0.15, 0.2) is 0 Å². The van der Waals surface area contributed by atoms with Crippen molar-refractivity contribution in [2.45, 2.75) is 46.1 Å². The molecule has 0 bridgehead atoms. The number of esters is 1. The number of hydrogen-bond acceptors (Lipinski definition) is 4. The molecule has 1 N–H and O–H groups in total. The predicted molar refractivity (Wildman–Crippen MR) is 75.5 cm³/mol. The van der Waals surface area contributed by atoms with Crippen LogP contribution < -0.4 is 5.32 Å². The molecule has 0 rings (SSSR count). The van der Waals surface area contributed by atoms with Crippen LogP contribution in [0, 0.1) is 5.92 Å². The van der Waals surface area contributed by atoms with Gasteiger partial charge in [0, 0.05) is 17.5 Å². The van der Waals surface area contributed by atoms with E-state index >= 15 is 0 Å². The molecule has 0 spiro atoms. The molecule has 0 aromatic heterocycles. The van der Waals surface area contributed by atoms with Crippen LogP contribution >= 0.6 is 11.8 Å². The molecule has 0 saturated carbocycles. The second-order valence-corrected chi connectivity index (χ2v) is 5.50. The van der Waals surface area contributed by atoms with E-state index in [1.54, 1.807) is 0 Å². The quantitative estimate of drug-likeness (QED) is 0.485. The van der Waals surface area contributed by atoms with Gasteiger partial charge in [-0.15, -0.1) is 0 Å². The normalized spacial score (nSPS) is 14.4. The van der Waals surface area contributed by atoms with Crippen molar-refractivity contribution in [3.63, 3.8) is 0 Å². The van der Waals surface area contributed by atoms with Crippen LogP contribution in [0.25, 0.3) is 0 Å². The third-order valence-corrected chi connectivity index (χ3v) is 4.05. The molecule has 0 aliphatic heterocycles. The number of methoxy groups -OCH3 is 1. The molecule has 3 nitrogen and oxygen atoms in total. The summed E-state index contributed by atoms with van der Waals surface area (Å²) in [6.07, 6.45) is 2.88. The Morgan fingerprint density at radius 3 is 2.65 bits per heavy atom. The van der Waals surface area contributed by atoms with Crippen LogP contribution in [-0.2, 0) is 9.53 Å². The smallest absolute Gasteiger partial charge is 0.306 e. The fourth-order valence-corrected chi connectivity index (χ4v) is 2.68. The van der Waals surface area contributed by atoms with Crippen molar-refractivity contribution < 1.29 is 9.53 Å². The minimum Gasteiger partial charge on any atom is -0.469 e. The van der Waals surface area contributed by atoms with Gasteiger partial charge in [-0.25, -0.2) is 0 Å². The van der Waals surface area contributed by atoms with Crippen LogP contribution in [-0.4, -0.2) is 37.2 Å². The topological polar surface area (TPSA) is 38.3 Å². The van der Waals surface area contributed by atoms with E-state index in [-0.39, 0.29) is 5.97 Å². The lowest BCUT2D eigenvalue weighted by Crippen LogP contribution is -2.37. The van der Waals surface area contributed by atoms with Crippen molar-refractivity contribution in [3.05, 3.63) is 0 Å². The highest BCUT2D eigenvalue weighted by Crippen LogP contribution is 2.14. The average molecular weight is 261 g/mol. The van der Waals surface area contributed by atoms with Gasteiger partial charge in [-0.3, -0.25) is 4.79 Å². The second-order valence-electron chi connectivity index (χ2n) is 4.35. The maximum absolute atomic E-state index is 11.0. The maximum Gasteiger partial charge on any atom is 0.306 e. The van der Waals surface area contributed by atoms with Gasteiger partial charge in [0.2, 0.25) is 0 Å². The Morgan fingerprint density at radius 1 is 1.41 bits per heavy atom. The summed E-state index contributed by atoms with van der Waals surface area (Å²) < 4.78 is 4.62. The van der Waals surface area contributed by atoms with E-state index in [0.29, 0.717) is 18.4 Å². The van der Waals surface area contributed by atoms with Gasteiger partial charge in [-0.1, -0.05) is 27.2 Å². The maximum atomic E-state index is 11.0. The first-order valence-electron chi connectivity index (χ1n) is 6.53. The second kappa shape index (κ2) is 10.9. The SMILES string of the molecule is CCCNC(CSCCC(=O)OC)C(C)CC. The summed E-state index contributed by atoms with van der Waals surface area (Å²) in [5, 5.41) is 3.59. The van der Waals surface area contributed by atoms with Crippen LogP contribution in [0.1, 0.15) is 40.0 Å². The number of carbonyl (C=O) groups is 1. The highest BCUT2D eigenvalue weighted by Gasteiger charge is 2.14. The van der Waals surface area contributed by atoms with Crippen molar-refractivity contribution in [1.29, 1.82) is 0 Å². The van der Waals surface area contributed by atoms with Crippen LogP contribution in [0.4, 0.5) is 0 Å². The van der Waals surface area contributed by atoms with Gasteiger partial charge in [0.05, 0.1) is 13.5 Å². The lowest BCUT2D eigenvalue weighted by molar-refractivity contribution is -0.140. The van der Waals surface area contributed by atoms with Gasteiger partial charge in [0.1, 0.15) is 0 Å². The van der Waals surface area contributed by atoms with Crippen molar-refractivity contribution in [1.82, 2.24) is 5.32 Å². The first-order chi connectivity index (χ1) is 8.15. The Bertz CT molecular complexity index is 200. The Labute approximate surface area is 110 Å². The Balaban J connectivity index is 3.78. The Kier molecular flexibility index (Phi) is 10.8. The van der Waals surface area contributed by atoms with Crippen LogP contribution in [0.2, 0.25) is 0 Å². The van der Waals surface area contributed by atoms with Gasteiger partial charge in [-0.2, -0.15) is 11.8 Å². The summed E-state index contributed by atoms with van der Waals surface area (Å²) in [7, 11) is 1.44. The zero-order valence-corrected chi connectivity index (χ0v) is 12.4. The molecule has 2 unspecified atom stereocenters. The molecule has 0 aromatic carbocycles. The van der Waals surface area contributed by atoms with Crippen LogP contribution in [0.3, 0.4) is 0 Å². The number of thioether (sulfide) groups is 1. The molecular formula is C13H27NO2S. The highest BCUT2D eigenvalue weighted by atomic mass is 32.2. The van der Waals surface area contributed by atoms with E-state index in [0.717, 1.165) is 18.1 Å². The highest BCUT2D eigenvalue weighted by molar-refractivity contribution is 7.99. The molecule has 4 heteroatoms. The number of nitrogens with one attached hydrogen (secondary N) is 1. The lowest BCUT2D eigenvalue weighted by atomic mass is 10.0. The molecule has 0 amide bonds. The van der Waals surface area contributed by atoms with Gasteiger partial charge in [0.15, 0.2) is 0 Å². The largest absolute Gasteiger partial charge is 0.469 e. The van der Waals surface area contributed by atoms with E-state index < -0.39 is 0 Å². The first kappa shape index (κ1) is 16.8. The summed E-state index contributed by atoms with van der Waals surface area (Å²) in [5.41, 5.74) is 0. The van der Waals surface area contributed by atoms with Crippen molar-refractivity contribution in [3.8, 4) is 0 Å². The average Bonchev–Trinajstić information content (AvgIpc) is 2.36. The molecule has 0 fully saturated rings. The van der Waals surface area contributed by atoms with E-state index in [1.165, 1.54) is 20.0 Å². The molecule has 17 heavy (non-hydrogen) atoms. The number of rotatable bonds is 10. The van der Waals surface area contributed by atoms with Gasteiger partial charge in [0.25, 0.3) is 0 Å². The number of ether oxygens (including phenoxy) is 1. The molecule has 102 valence electrons. The van der Waals surface area contributed by atoms with Gasteiger partial charge in [-0.05, 0) is 18.9 Å². The lowest BCUT2D eigenvalue weighted by Gasteiger charge is -2.24. The van der Waals surface area contributed by atoms with E-state index in [4.69, 9.17) is 0 Å². The van der Waals surface area contributed by atoms with E-state index in [9.17, 15) is 4.79 Å². The fraction of sp³-hybridized carbons (Fsp3) is 0.923. The zero-order chi connectivity index (χ0) is 13.1. The third-order valence-electron chi connectivity index (χ3n) is 2.96. The monoisotopic (exact) mass is 261 g/mol. The van der Waals surface area contributed by atoms with Crippen molar-refractivity contribution >= 4 is 17.7 Å². The van der Waals surface area contributed by atoms with E-state index in [2.05, 4.69) is 30.8 Å². The molecule has 0 aliphatic rings. The predicted octanol–water partition coefficient (Wildman–Crippen LogP) is 2.70. The summed E-state index contributed by atoms with van der Waals surface area (Å²) in [6.45, 7) is 7.77. The summed E-state index contributed by atoms with van der Waals surface area (Å²) in [4.78, 5) is 11.0. The molecule has 0 aromatic rings. The number of hydrogen-bond donors (Lipinski definition) is 1. The molecule has 0 saturated heterocycles. The van der Waals surface area contributed by atoms with Gasteiger partial charge < -0.3 is 10.1 Å². The molecule has 2 atom stereocenters. The first-order valence-corrected chi connectivity index (χ1v) is 7.69. The van der Waals surface area contributed by atoms with Crippen molar-refractivity contribution in [2.75, 3.05) is 25.2 Å². The summed E-state index contributed by atoms with van der Waals surface area (Å²) >= 11 is 1.84. The van der Waals surface area contributed by atoms with Crippen molar-refractivity contribution in [2.24, 2.45) is 5.92 Å². The standard InChI is InChI=1S/C13H27NO2S/c1-5-8-14-12(11(3)6-2)10-17-9-7-13(15)16-4/h11-12,14H,5-10H2,1-4H3. The number of carbonyl (C=O) groups excluding carboxylic acids is 1. The summed E-state index contributed by atoms with van der Waals surface area (Å²) in [6, 6.07) is 0.558. The third kappa shape index (κ3) is 8.50. The Morgan fingerprint density at radius 2 is 2.12 bits per heavy atom. The minimum absolute atomic E-state index is 0.112. The molecule has 0 radical (unpaired) electrons. The molecule has 0 heterocycles. The molecular weight excluding hydrogens is 234 g/mol. The minimum atomic E-state index is -0.112. The van der Waals surface area contributed by atoms with E-state index in [1.807, 2.05) is 11.8 Å². The Hall–Kier alpha value is -0.220. The van der Waals surface area contributed by atoms with Gasteiger partial charge >= 0.3 is 5.97 Å².